The number of nitrogens with one attached hydrogen (secondary N) is 1. The highest BCUT2D eigenvalue weighted by Crippen LogP contribution is 2.13. The van der Waals surface area contributed by atoms with E-state index in [4.69, 9.17) is 16.9 Å². The summed E-state index contributed by atoms with van der Waals surface area (Å²) in [4.78, 5) is 12.4. The van der Waals surface area contributed by atoms with Gasteiger partial charge < -0.3 is 0 Å². The van der Waals surface area contributed by atoms with Crippen LogP contribution in [-0.2, 0) is 0 Å². The minimum absolute atomic E-state index is 0.00922. The Labute approximate surface area is 137 Å². The summed E-state index contributed by atoms with van der Waals surface area (Å²) in [7, 11) is 0. The van der Waals surface area contributed by atoms with Crippen LogP contribution in [0.15, 0.2) is 40.2 Å². The van der Waals surface area contributed by atoms with Crippen LogP contribution in [0.1, 0.15) is 16.8 Å². The molecule has 0 aliphatic carbocycles. The van der Waals surface area contributed by atoms with E-state index >= 15 is 0 Å². The van der Waals surface area contributed by atoms with Crippen LogP contribution < -0.4 is 11.0 Å². The number of rotatable bonds is 2. The second kappa shape index (κ2) is 6.78. The quantitative estimate of drug-likeness (QED) is 0.522. The molecule has 23 heavy (non-hydrogen) atoms. The van der Waals surface area contributed by atoms with Gasteiger partial charge in [-0.2, -0.15) is 10.5 Å². The molecule has 0 saturated carbocycles. The number of benzene rings is 1. The van der Waals surface area contributed by atoms with E-state index in [1.807, 2.05) is 12.1 Å². The van der Waals surface area contributed by atoms with Crippen molar-refractivity contribution >= 4 is 23.1 Å². The number of hydrazone groups is 1. The maximum Gasteiger partial charge on any atom is 0.275 e. The summed E-state index contributed by atoms with van der Waals surface area (Å²) in [6.07, 6.45) is 0. The van der Waals surface area contributed by atoms with Gasteiger partial charge in [0.05, 0.1) is 5.69 Å². The topological polar surface area (TPSA) is 94.0 Å². The fraction of sp³-hybridized carbons (Fsp3) is 0.125. The molecule has 0 atom stereocenters. The molecule has 2 aromatic rings. The predicted molar refractivity (Wildman–Crippen MR) is 88.4 cm³/mol. The van der Waals surface area contributed by atoms with Gasteiger partial charge in [0.2, 0.25) is 5.84 Å². The number of anilines is 1. The fourth-order valence-electron chi connectivity index (χ4n) is 2.06. The number of hydrogen-bond acceptors (Lipinski definition) is 5. The fourth-order valence-corrected chi connectivity index (χ4v) is 2.18. The lowest BCUT2D eigenvalue weighted by Gasteiger charge is -2.10. The Morgan fingerprint density at radius 2 is 1.91 bits per heavy atom. The van der Waals surface area contributed by atoms with Crippen LogP contribution in [0.2, 0.25) is 5.02 Å². The average molecular weight is 326 g/mol. The maximum absolute atomic E-state index is 12.4. The van der Waals surface area contributed by atoms with Gasteiger partial charge in [-0.1, -0.05) is 11.6 Å². The molecule has 114 valence electrons. The van der Waals surface area contributed by atoms with Gasteiger partial charge in [-0.15, -0.1) is 5.10 Å². The molecule has 1 heterocycles. The number of aryl methyl sites for hydroxylation is 2. The van der Waals surface area contributed by atoms with Crippen LogP contribution >= 0.6 is 11.6 Å². The van der Waals surface area contributed by atoms with E-state index in [9.17, 15) is 10.1 Å². The standard InChI is InChI=1S/C16H12ClN5O/c1-10-7-11(2)22(16(23)14(10)8-18)15(9-19)21-20-13-5-3-12(17)4-6-13/h3-7,20H,1-2H3/b21-15+. The lowest BCUT2D eigenvalue weighted by Crippen LogP contribution is -2.31. The van der Waals surface area contributed by atoms with E-state index < -0.39 is 5.56 Å². The number of nitrogens with zero attached hydrogens (tertiary/aromatic N) is 4. The largest absolute Gasteiger partial charge is 0.276 e. The van der Waals surface area contributed by atoms with E-state index in [1.165, 1.54) is 0 Å². The molecule has 0 radical (unpaired) electrons. The lowest BCUT2D eigenvalue weighted by molar-refractivity contribution is 0.969. The molecule has 1 aromatic carbocycles. The zero-order valence-electron chi connectivity index (χ0n) is 12.5. The van der Waals surface area contributed by atoms with Gasteiger partial charge in [-0.3, -0.25) is 14.8 Å². The molecular weight excluding hydrogens is 314 g/mol. The number of pyridine rings is 1. The molecule has 0 aliphatic rings. The number of aromatic nitrogens is 1. The zero-order chi connectivity index (χ0) is 17.0. The molecule has 0 saturated heterocycles. The first-order valence-electron chi connectivity index (χ1n) is 6.61. The van der Waals surface area contributed by atoms with Crippen molar-refractivity contribution in [1.82, 2.24) is 4.57 Å². The zero-order valence-corrected chi connectivity index (χ0v) is 13.2. The Bertz CT molecular complexity index is 914. The third-order valence-electron chi connectivity index (χ3n) is 3.15. The minimum atomic E-state index is -0.566. The van der Waals surface area contributed by atoms with Gasteiger partial charge in [0.15, 0.2) is 0 Å². The van der Waals surface area contributed by atoms with Crippen LogP contribution in [0.3, 0.4) is 0 Å². The lowest BCUT2D eigenvalue weighted by atomic mass is 10.1. The van der Waals surface area contributed by atoms with Gasteiger partial charge >= 0.3 is 0 Å². The van der Waals surface area contributed by atoms with Crippen molar-refractivity contribution in [2.45, 2.75) is 13.8 Å². The van der Waals surface area contributed by atoms with Gasteiger partial charge in [-0.05, 0) is 49.7 Å². The van der Waals surface area contributed by atoms with Crippen molar-refractivity contribution in [3.8, 4) is 12.1 Å². The highest BCUT2D eigenvalue weighted by Gasteiger charge is 2.14. The molecule has 7 heteroatoms. The summed E-state index contributed by atoms with van der Waals surface area (Å²) < 4.78 is 1.11. The molecular formula is C16H12ClN5O. The first-order chi connectivity index (χ1) is 11.0. The van der Waals surface area contributed by atoms with Crippen LogP contribution in [-0.4, -0.2) is 10.4 Å². The Morgan fingerprint density at radius 3 is 2.48 bits per heavy atom. The third-order valence-corrected chi connectivity index (χ3v) is 3.40. The van der Waals surface area contributed by atoms with Gasteiger partial charge in [-0.25, -0.2) is 0 Å². The molecule has 0 amide bonds. The van der Waals surface area contributed by atoms with Crippen LogP contribution in [0.25, 0.3) is 0 Å². The molecule has 6 nitrogen and oxygen atoms in total. The number of halogens is 1. The molecule has 1 aromatic heterocycles. The Hall–Kier alpha value is -3.09. The van der Waals surface area contributed by atoms with E-state index in [0.717, 1.165) is 4.57 Å². The molecule has 0 bridgehead atoms. The summed E-state index contributed by atoms with van der Waals surface area (Å²) >= 11 is 5.80. The monoisotopic (exact) mass is 325 g/mol. The van der Waals surface area contributed by atoms with Crippen molar-refractivity contribution < 1.29 is 0 Å². The number of nitriles is 2. The van der Waals surface area contributed by atoms with Crippen molar-refractivity contribution in [3.05, 3.63) is 62.5 Å². The van der Waals surface area contributed by atoms with Gasteiger partial charge in [0.25, 0.3) is 5.56 Å². The molecule has 0 aliphatic heterocycles. The Kier molecular flexibility index (Phi) is 4.80. The summed E-state index contributed by atoms with van der Waals surface area (Å²) in [6.45, 7) is 3.34. The molecule has 0 spiro atoms. The van der Waals surface area contributed by atoms with E-state index in [0.29, 0.717) is 22.0 Å². The molecule has 2 rings (SSSR count). The SMILES string of the molecule is Cc1cc(C)n(/C(C#N)=N/Nc2ccc(Cl)cc2)c(=O)c1C#N. The van der Waals surface area contributed by atoms with Crippen molar-refractivity contribution in [2.24, 2.45) is 5.10 Å². The predicted octanol–water partition coefficient (Wildman–Crippen LogP) is 2.79. The highest BCUT2D eigenvalue weighted by molar-refractivity contribution is 6.30. The van der Waals surface area contributed by atoms with Crippen molar-refractivity contribution in [1.29, 1.82) is 10.5 Å². The van der Waals surface area contributed by atoms with Crippen molar-refractivity contribution in [3.63, 3.8) is 0 Å². The van der Waals surface area contributed by atoms with E-state index in [-0.39, 0.29) is 11.4 Å². The van der Waals surface area contributed by atoms with Crippen molar-refractivity contribution in [2.75, 3.05) is 5.43 Å². The maximum atomic E-state index is 12.4. The third kappa shape index (κ3) is 3.39. The summed E-state index contributed by atoms with van der Waals surface area (Å²) in [6, 6.07) is 12.1. The normalized spacial score (nSPS) is 10.7. The first-order valence-corrected chi connectivity index (χ1v) is 6.99. The average Bonchev–Trinajstić information content (AvgIpc) is 2.52. The molecule has 1 N–H and O–H groups in total. The van der Waals surface area contributed by atoms with Gasteiger partial charge in [0.1, 0.15) is 17.7 Å². The van der Waals surface area contributed by atoms with Crippen LogP contribution in [0.5, 0.6) is 0 Å². The van der Waals surface area contributed by atoms with E-state index in [1.54, 1.807) is 44.2 Å². The van der Waals surface area contributed by atoms with Gasteiger partial charge in [0, 0.05) is 10.7 Å². The first kappa shape index (κ1) is 16.3. The van der Waals surface area contributed by atoms with Crippen LogP contribution in [0, 0.1) is 36.5 Å². The summed E-state index contributed by atoms with van der Waals surface area (Å²) in [5.41, 5.74) is 3.81. The summed E-state index contributed by atoms with van der Waals surface area (Å²) in [5, 5.41) is 22.9. The second-order valence-electron chi connectivity index (χ2n) is 4.76. The number of hydrogen-bond donors (Lipinski definition) is 1. The Balaban J connectivity index is 2.48. The second-order valence-corrected chi connectivity index (χ2v) is 5.20. The molecule has 0 fully saturated rings. The van der Waals surface area contributed by atoms with E-state index in [2.05, 4.69) is 10.5 Å². The smallest absolute Gasteiger partial charge is 0.275 e. The minimum Gasteiger partial charge on any atom is -0.276 e. The highest BCUT2D eigenvalue weighted by atomic mass is 35.5. The Morgan fingerprint density at radius 1 is 1.26 bits per heavy atom. The summed E-state index contributed by atoms with van der Waals surface area (Å²) in [5.74, 6) is -0.154. The molecule has 0 unspecified atom stereocenters. The van der Waals surface area contributed by atoms with Crippen LogP contribution in [0.4, 0.5) is 5.69 Å².